The monoisotopic (exact) mass is 2580 g/mol. The molecule has 9 aromatic heterocycles. The maximum absolute atomic E-state index is 13.5. The molecule has 0 atom stereocenters. The number of aliphatic hydroxyl groups excluding tert-OH is 1. The van der Waals surface area contributed by atoms with Gasteiger partial charge in [-0.2, -0.15) is 15.3 Å². The molecule has 5 radical (unpaired) electrons. The zero-order valence-electron chi connectivity index (χ0n) is 67.7. The van der Waals surface area contributed by atoms with Crippen molar-refractivity contribution in [2.24, 2.45) is 21.1 Å². The number of hydrogen-bond donors (Lipinski definition) is 2. The van der Waals surface area contributed by atoms with Crippen LogP contribution in [-0.2, 0) is 147 Å². The van der Waals surface area contributed by atoms with Gasteiger partial charge in [0.15, 0.2) is 22.9 Å². The number of ketones is 1. The molecule has 123 heavy (non-hydrogen) atoms. The Balaban J connectivity index is 0.000000693. The van der Waals surface area contributed by atoms with Crippen LogP contribution < -0.4 is 5.32 Å². The molecule has 6 aromatic carbocycles. The molecule has 15 aromatic rings. The molecule has 0 unspecified atom stereocenters. The number of carbonyl (C=O) groups excluding carboxylic acids is 4. The first kappa shape index (κ1) is 110. The summed E-state index contributed by atoms with van der Waals surface area (Å²) in [6, 6.07) is 69.7. The fourth-order valence-corrected chi connectivity index (χ4v) is 11.0. The number of pyridine rings is 5. The smallest absolute Gasteiger partial charge is 0.358 e. The summed E-state index contributed by atoms with van der Waals surface area (Å²) in [7, 11) is 11.2. The number of ether oxygens (including phenoxy) is 3. The second kappa shape index (κ2) is 56.9. The van der Waals surface area contributed by atoms with Crippen LogP contribution in [0, 0.1) is 92.9 Å². The zero-order chi connectivity index (χ0) is 85.1. The average Bonchev–Trinajstić information content (AvgIpc) is 1.73. The molecular weight excluding hydrogens is 2500 g/mol. The van der Waals surface area contributed by atoms with Gasteiger partial charge in [-0.15, -0.1) is 95.9 Å². The van der Waals surface area contributed by atoms with Crippen LogP contribution in [-0.4, -0.2) is 111 Å². The van der Waals surface area contributed by atoms with Gasteiger partial charge >= 0.3 is 17.9 Å². The first-order chi connectivity index (χ1) is 56.1. The molecule has 0 bridgehead atoms. The minimum absolute atomic E-state index is 0. The summed E-state index contributed by atoms with van der Waals surface area (Å²) in [5.41, 5.74) is 10.8. The molecule has 0 aliphatic carbocycles. The number of hydrogen-bond acceptors (Lipinski definition) is 18. The van der Waals surface area contributed by atoms with Gasteiger partial charge in [-0.05, 0) is 146 Å². The van der Waals surface area contributed by atoms with Gasteiger partial charge in [0.2, 0.25) is 0 Å². The normalized spacial score (nSPS) is 9.80. The average molecular weight is 2580 g/mol. The van der Waals surface area contributed by atoms with Crippen molar-refractivity contribution in [3.63, 3.8) is 0 Å². The van der Waals surface area contributed by atoms with Crippen LogP contribution in [0.25, 0.3) is 76.5 Å². The van der Waals surface area contributed by atoms with Gasteiger partial charge < -0.3 is 49.6 Å². The molecule has 0 fully saturated rings. The molecule has 0 aliphatic heterocycles. The fraction of sp³-hybridized carbons (Fsp3) is 0.165. The summed E-state index contributed by atoms with van der Waals surface area (Å²) in [5, 5.41) is 26.7. The number of thiophene rings is 1. The Morgan fingerprint density at radius 3 is 1.30 bits per heavy atom. The molecule has 0 spiro atoms. The minimum atomic E-state index is -0.654. The summed E-state index contributed by atoms with van der Waals surface area (Å²) < 4.78 is 97.7. The molecule has 0 aliphatic rings. The number of esters is 3. The predicted octanol–water partition coefficient (Wildman–Crippen LogP) is 19.2. The molecule has 0 saturated carbocycles. The Hall–Kier alpha value is -10.7. The van der Waals surface area contributed by atoms with E-state index in [4.69, 9.17) is 5.11 Å². The number of methoxy groups -OCH3 is 3. The van der Waals surface area contributed by atoms with E-state index in [1.165, 1.54) is 62.1 Å². The second-order valence-electron chi connectivity index (χ2n) is 24.8. The van der Waals surface area contributed by atoms with Crippen molar-refractivity contribution in [2.75, 3.05) is 28.4 Å². The Morgan fingerprint density at radius 2 is 0.902 bits per heavy atom. The third kappa shape index (κ3) is 35.6. The van der Waals surface area contributed by atoms with E-state index in [2.05, 4.69) is 120 Å². The van der Waals surface area contributed by atoms with Gasteiger partial charge in [0.05, 0.1) is 27.1 Å². The molecule has 9 heterocycles. The number of fused-ring (bicyclic) bond motifs is 2. The molecular formula is C91H85F6Ir5N12O8S-5. The van der Waals surface area contributed by atoms with Crippen molar-refractivity contribution in [1.29, 1.82) is 0 Å². The van der Waals surface area contributed by atoms with Crippen molar-refractivity contribution in [2.45, 2.75) is 55.5 Å². The number of benzene rings is 6. The number of aromatic nitrogens is 11. The number of allylic oxidation sites excluding steroid dienone is 2. The summed E-state index contributed by atoms with van der Waals surface area (Å²) in [6.45, 7) is 11.0. The summed E-state index contributed by atoms with van der Waals surface area (Å²) in [5.74, 6) is -5.11. The van der Waals surface area contributed by atoms with E-state index in [-0.39, 0.29) is 136 Å². The van der Waals surface area contributed by atoms with Gasteiger partial charge in [0.1, 0.15) is 0 Å². The maximum Gasteiger partial charge on any atom is 0.358 e. The van der Waals surface area contributed by atoms with Crippen LogP contribution in [0.5, 0.6) is 0 Å². The Labute approximate surface area is 782 Å². The van der Waals surface area contributed by atoms with E-state index in [0.717, 1.165) is 86.4 Å². The fourth-order valence-electron chi connectivity index (χ4n) is 10.0. The van der Waals surface area contributed by atoms with E-state index in [1.807, 2.05) is 126 Å². The van der Waals surface area contributed by atoms with Gasteiger partial charge in [-0.3, -0.25) is 45.2 Å². The summed E-state index contributed by atoms with van der Waals surface area (Å²) in [4.78, 5) is 64.6. The molecule has 32 heteroatoms. The molecule has 0 saturated heterocycles. The van der Waals surface area contributed by atoms with Gasteiger partial charge in [0.25, 0.3) is 0 Å². The number of nitrogens with zero attached hydrogens (tertiary/aromatic N) is 11. The zero-order valence-corrected chi connectivity index (χ0v) is 80.5. The van der Waals surface area contributed by atoms with E-state index in [0.29, 0.717) is 40.7 Å². The molecule has 0 amide bonds. The van der Waals surface area contributed by atoms with Crippen LogP contribution in [0.4, 0.5) is 26.3 Å². The topological polar surface area (TPSA) is 246 Å². The van der Waals surface area contributed by atoms with Crippen LogP contribution in [0.15, 0.2) is 237 Å². The number of aryl methyl sites for hydroxylation is 7. The Kier molecular flexibility index (Phi) is 51.0. The number of carbonyl (C=O) groups is 4. The number of nitrogens with one attached hydrogen (secondary N) is 1. The first-order valence-electron chi connectivity index (χ1n) is 35.4. The van der Waals surface area contributed by atoms with E-state index < -0.39 is 52.8 Å². The van der Waals surface area contributed by atoms with Crippen molar-refractivity contribution in [3.8, 4) is 55.6 Å². The second-order valence-corrected chi connectivity index (χ2v) is 25.9. The minimum Gasteiger partial charge on any atom is -0.512 e. The molecule has 20 nitrogen and oxygen atoms in total. The van der Waals surface area contributed by atoms with Crippen LogP contribution in [0.1, 0.15) is 80.9 Å². The number of aliphatic hydroxyl groups is 1. The third-order valence-electron chi connectivity index (χ3n) is 15.9. The molecule has 655 valence electrons. The van der Waals surface area contributed by atoms with Gasteiger partial charge in [0, 0.05) is 223 Å². The van der Waals surface area contributed by atoms with Crippen LogP contribution in [0.3, 0.4) is 0 Å². The van der Waals surface area contributed by atoms with Crippen molar-refractivity contribution < 1.29 is 165 Å². The summed E-state index contributed by atoms with van der Waals surface area (Å²) >= 11 is 1.73. The van der Waals surface area contributed by atoms with E-state index in [1.54, 1.807) is 114 Å². The van der Waals surface area contributed by atoms with Crippen molar-refractivity contribution in [1.82, 2.24) is 59.6 Å². The third-order valence-corrected chi connectivity index (χ3v) is 17.0. The largest absolute Gasteiger partial charge is 0.512 e. The predicted molar refractivity (Wildman–Crippen MR) is 444 cm³/mol. The van der Waals surface area contributed by atoms with E-state index in [9.17, 15) is 45.5 Å². The van der Waals surface area contributed by atoms with Crippen LogP contribution >= 0.6 is 11.3 Å². The van der Waals surface area contributed by atoms with Gasteiger partial charge in [-0.25, -0.2) is 25.7 Å². The number of halogens is 6. The van der Waals surface area contributed by atoms with Crippen LogP contribution in [0.2, 0.25) is 0 Å². The van der Waals surface area contributed by atoms with E-state index >= 15 is 0 Å². The first-order valence-corrected chi connectivity index (χ1v) is 36.2. The quantitative estimate of drug-likeness (QED) is 0.0305. The molecule has 2 N–H and O–H groups in total. The van der Waals surface area contributed by atoms with Gasteiger partial charge in [-0.1, -0.05) is 121 Å². The molecule has 15 rings (SSSR count). The Bertz CT molecular complexity index is 5580. The number of rotatable bonds is 11. The summed E-state index contributed by atoms with van der Waals surface area (Å²) in [6.07, 6.45) is 9.55. The van der Waals surface area contributed by atoms with Crippen molar-refractivity contribution >= 4 is 55.9 Å². The van der Waals surface area contributed by atoms with Crippen molar-refractivity contribution in [3.05, 3.63) is 347 Å². The maximum atomic E-state index is 13.5. The Morgan fingerprint density at radius 1 is 0.480 bits per heavy atom. The standard InChI is InChI=1S/C15H10N.C13H11F2N2.C13H8NS.C12H8F2N.C11H6F2N.3C7H10N2O2.C5H8O2.CH4.5Ir/c1-2-7-13(8-3-1)15-14-9-5-4-6-12(14)10-11-16-15;1-16-8-9-4-5-17-13(6-9)11-3-2-10(14)7-12(11)15;1-2-7-12-10(5-1)9-13(15-12)11-6-3-4-8-14-11;1-8-4-5-15-12(6-8)10-3-2-9(13)7-11(10)14;12-8-4-5-9(10(13)7-8)11-3-1-2-6-14-11;3*1-5-4-6(7(10)11-3)8-9(5)2;1-4(6)3-5(2)7;;;;;;/h1-7,9-11H;2,4-7,16H,8H2,1H3;1-8H;2,4-7H,1H3;1-4,6-7H;3*4H,1-3H3;3,6H,1-2H3;1H4;;;;;/q5*-1;;;;;;;;;;. The SMILES string of the molecule is C.CC(=O)C=C(C)O.CNCc1ccnc(-c2[c-]cc(F)cc2F)c1.COC(=O)c1cc(C)n(C)n1.COC(=O)c1cc(C)n(C)n1.COC(=O)c1cc(C)n(C)n1.Cc1ccnc(-c2[c-]cc(F)cc2F)c1.Fc1c[c-]c(-c2ccccn2)c(F)c1.[Ir].[Ir].[Ir].[Ir].[Ir].[c-]1c(-c2ccccn2)sc2ccccc12.[c-]1ccccc1-c1nccc2ccccc12.